The molecule has 112 valence electrons. The van der Waals surface area contributed by atoms with Crippen molar-refractivity contribution in [3.8, 4) is 0 Å². The molecular formula is C14H28N2O3. The minimum Gasteiger partial charge on any atom is -0.348 e. The highest BCUT2D eigenvalue weighted by Gasteiger charge is 2.32. The van der Waals surface area contributed by atoms with E-state index in [0.717, 1.165) is 6.42 Å². The molecule has 1 atom stereocenters. The maximum absolute atomic E-state index is 11.2. The summed E-state index contributed by atoms with van der Waals surface area (Å²) in [6.45, 7) is 14.9. The van der Waals surface area contributed by atoms with Gasteiger partial charge in [-0.25, -0.2) is 4.79 Å². The van der Waals surface area contributed by atoms with Gasteiger partial charge in [0.25, 0.3) is 0 Å². The number of nitrogens with one attached hydrogen (secondary N) is 2. The highest BCUT2D eigenvalue weighted by molar-refractivity contribution is 5.73. The van der Waals surface area contributed by atoms with Crippen LogP contribution < -0.4 is 10.6 Å². The molecule has 2 N–H and O–H groups in total. The Balaban J connectivity index is 0.000000711. The number of allylic oxidation sites excluding steroid dienone is 1. The zero-order valence-corrected chi connectivity index (χ0v) is 12.8. The predicted octanol–water partition coefficient (Wildman–Crippen LogP) is 2.43. The van der Waals surface area contributed by atoms with Crippen molar-refractivity contribution in [1.82, 2.24) is 10.6 Å². The molecule has 5 nitrogen and oxygen atoms in total. The lowest BCUT2D eigenvalue weighted by Gasteiger charge is -2.17. The summed E-state index contributed by atoms with van der Waals surface area (Å²) < 4.78 is 10.9. The third-order valence-corrected chi connectivity index (χ3v) is 2.09. The summed E-state index contributed by atoms with van der Waals surface area (Å²) in [7, 11) is 0. The van der Waals surface area contributed by atoms with Crippen LogP contribution in [0.3, 0.4) is 0 Å². The number of hydrogen-bond donors (Lipinski definition) is 2. The van der Waals surface area contributed by atoms with Gasteiger partial charge in [-0.1, -0.05) is 12.5 Å². The van der Waals surface area contributed by atoms with E-state index in [1.54, 1.807) is 0 Å². The topological polar surface area (TPSA) is 59.6 Å². The van der Waals surface area contributed by atoms with Gasteiger partial charge in [-0.2, -0.15) is 0 Å². The van der Waals surface area contributed by atoms with E-state index in [1.807, 2.05) is 34.6 Å². The van der Waals surface area contributed by atoms with Gasteiger partial charge in [0.05, 0.1) is 6.61 Å². The first-order valence-electron chi connectivity index (χ1n) is 6.72. The van der Waals surface area contributed by atoms with Gasteiger partial charge < -0.3 is 20.1 Å². The molecule has 1 aliphatic rings. The van der Waals surface area contributed by atoms with Gasteiger partial charge >= 0.3 is 6.03 Å². The summed E-state index contributed by atoms with van der Waals surface area (Å²) in [6.07, 6.45) is 0.885. The average Bonchev–Trinajstić information content (AvgIpc) is 2.63. The second-order valence-corrected chi connectivity index (χ2v) is 5.29. The van der Waals surface area contributed by atoms with Gasteiger partial charge in [-0.15, -0.1) is 6.58 Å². The molecule has 2 amide bonds. The number of ether oxygens (including phenoxy) is 2. The molecule has 19 heavy (non-hydrogen) atoms. The Bertz CT molecular complexity index is 286. The van der Waals surface area contributed by atoms with Crippen LogP contribution in [-0.4, -0.2) is 37.6 Å². The molecule has 5 heteroatoms. The van der Waals surface area contributed by atoms with E-state index in [-0.39, 0.29) is 12.1 Å². The monoisotopic (exact) mass is 272 g/mol. The third kappa shape index (κ3) is 10.5. The molecule has 0 aromatic heterocycles. The van der Waals surface area contributed by atoms with E-state index in [2.05, 4.69) is 17.2 Å². The summed E-state index contributed by atoms with van der Waals surface area (Å²) in [4.78, 5) is 11.2. The molecule has 0 aromatic rings. The van der Waals surface area contributed by atoms with Crippen molar-refractivity contribution in [2.45, 2.75) is 52.9 Å². The minimum absolute atomic E-state index is 0.0487. The largest absolute Gasteiger partial charge is 0.348 e. The van der Waals surface area contributed by atoms with E-state index in [0.29, 0.717) is 19.7 Å². The van der Waals surface area contributed by atoms with E-state index in [1.165, 1.54) is 5.57 Å². The van der Waals surface area contributed by atoms with Gasteiger partial charge in [0.2, 0.25) is 0 Å². The first-order valence-corrected chi connectivity index (χ1v) is 6.72. The van der Waals surface area contributed by atoms with Crippen molar-refractivity contribution in [2.24, 2.45) is 0 Å². The second kappa shape index (κ2) is 8.93. The Morgan fingerprint density at radius 3 is 2.37 bits per heavy atom. The van der Waals surface area contributed by atoms with Crippen molar-refractivity contribution < 1.29 is 14.3 Å². The molecule has 1 unspecified atom stereocenters. The Kier molecular flexibility index (Phi) is 8.43. The highest BCUT2D eigenvalue weighted by atomic mass is 16.7. The van der Waals surface area contributed by atoms with Gasteiger partial charge in [0, 0.05) is 13.1 Å². The summed E-state index contributed by atoms with van der Waals surface area (Å²) >= 11 is 0. The standard InChI is InChI=1S/C10H20N2O3.C4H8/c1-4-5-11-9(13)12-6-8-7-14-10(2,3)15-8;1-4(2)3/h8H,4-7H2,1-3H3,(H2,11,12,13);1H2,2-3H3. The first kappa shape index (κ1) is 17.9. The summed E-state index contributed by atoms with van der Waals surface area (Å²) in [5.74, 6) is -0.522. The van der Waals surface area contributed by atoms with Crippen LogP contribution in [0.15, 0.2) is 12.2 Å². The van der Waals surface area contributed by atoms with Crippen LogP contribution in [0.25, 0.3) is 0 Å². The van der Waals surface area contributed by atoms with Crippen molar-refractivity contribution in [3.05, 3.63) is 12.2 Å². The molecule has 1 aliphatic heterocycles. The van der Waals surface area contributed by atoms with Crippen molar-refractivity contribution in [2.75, 3.05) is 19.7 Å². The lowest BCUT2D eigenvalue weighted by Crippen LogP contribution is -2.41. The zero-order valence-electron chi connectivity index (χ0n) is 12.8. The van der Waals surface area contributed by atoms with Gasteiger partial charge in [-0.05, 0) is 34.1 Å². The number of amides is 2. The maximum atomic E-state index is 11.2. The van der Waals surface area contributed by atoms with Gasteiger partial charge in [0.1, 0.15) is 6.10 Å². The molecule has 0 aromatic carbocycles. The predicted molar refractivity (Wildman–Crippen MR) is 77.1 cm³/mol. The van der Waals surface area contributed by atoms with Crippen molar-refractivity contribution in [3.63, 3.8) is 0 Å². The van der Waals surface area contributed by atoms with Crippen LogP contribution in [0.4, 0.5) is 4.79 Å². The van der Waals surface area contributed by atoms with Gasteiger partial charge in [-0.3, -0.25) is 0 Å². The molecule has 0 spiro atoms. The Morgan fingerprint density at radius 1 is 1.37 bits per heavy atom. The van der Waals surface area contributed by atoms with Crippen LogP contribution >= 0.6 is 0 Å². The number of urea groups is 1. The van der Waals surface area contributed by atoms with E-state index >= 15 is 0 Å². The number of carbonyl (C=O) groups excluding carboxylic acids is 1. The molecule has 0 radical (unpaired) electrons. The van der Waals surface area contributed by atoms with Crippen LogP contribution in [0.5, 0.6) is 0 Å². The Morgan fingerprint density at radius 2 is 1.95 bits per heavy atom. The fourth-order valence-corrected chi connectivity index (χ4v) is 1.37. The third-order valence-electron chi connectivity index (χ3n) is 2.09. The average molecular weight is 272 g/mol. The summed E-state index contributed by atoms with van der Waals surface area (Å²) in [5.41, 5.74) is 1.17. The van der Waals surface area contributed by atoms with Crippen molar-refractivity contribution >= 4 is 6.03 Å². The van der Waals surface area contributed by atoms with E-state index in [4.69, 9.17) is 9.47 Å². The fraction of sp³-hybridized carbons (Fsp3) is 0.786. The normalized spacial score (nSPS) is 20.2. The van der Waals surface area contributed by atoms with Crippen LogP contribution in [0.1, 0.15) is 41.0 Å². The Hall–Kier alpha value is -1.07. The van der Waals surface area contributed by atoms with Crippen LogP contribution in [0, 0.1) is 0 Å². The SMILES string of the molecule is C=C(C)C.CCCNC(=O)NCC1COC(C)(C)O1. The number of rotatable bonds is 4. The quantitative estimate of drug-likeness (QED) is 0.773. The molecule has 1 heterocycles. The highest BCUT2D eigenvalue weighted by Crippen LogP contribution is 2.21. The Labute approximate surface area is 116 Å². The van der Waals surface area contributed by atoms with E-state index in [9.17, 15) is 4.79 Å². The maximum Gasteiger partial charge on any atom is 0.314 e. The molecule has 0 bridgehead atoms. The number of hydrogen-bond acceptors (Lipinski definition) is 3. The molecular weight excluding hydrogens is 244 g/mol. The fourth-order valence-electron chi connectivity index (χ4n) is 1.37. The lowest BCUT2D eigenvalue weighted by molar-refractivity contribution is -0.137. The lowest BCUT2D eigenvalue weighted by atomic mass is 10.4. The smallest absolute Gasteiger partial charge is 0.314 e. The minimum atomic E-state index is -0.522. The van der Waals surface area contributed by atoms with Crippen molar-refractivity contribution in [1.29, 1.82) is 0 Å². The van der Waals surface area contributed by atoms with Crippen LogP contribution in [0.2, 0.25) is 0 Å². The van der Waals surface area contributed by atoms with Gasteiger partial charge in [0.15, 0.2) is 5.79 Å². The molecule has 0 aliphatic carbocycles. The first-order chi connectivity index (χ1) is 8.76. The molecule has 1 fully saturated rings. The summed E-state index contributed by atoms with van der Waals surface area (Å²) in [6, 6.07) is -0.148. The van der Waals surface area contributed by atoms with E-state index < -0.39 is 5.79 Å². The second-order valence-electron chi connectivity index (χ2n) is 5.29. The summed E-state index contributed by atoms with van der Waals surface area (Å²) in [5, 5.41) is 5.47. The zero-order chi connectivity index (χ0) is 14.9. The van der Waals surface area contributed by atoms with Crippen LogP contribution in [-0.2, 0) is 9.47 Å². The molecule has 1 rings (SSSR count). The molecule has 0 saturated carbocycles. The molecule has 1 saturated heterocycles. The number of carbonyl (C=O) groups is 1.